The van der Waals surface area contributed by atoms with E-state index in [0.717, 1.165) is 0 Å². The molecule has 0 saturated carbocycles. The molecule has 2 rings (SSSR count). The van der Waals surface area contributed by atoms with Crippen molar-refractivity contribution in [2.24, 2.45) is 0 Å². The Labute approximate surface area is 104 Å². The van der Waals surface area contributed by atoms with E-state index in [2.05, 4.69) is 4.98 Å². The number of aromatic amines is 1. The van der Waals surface area contributed by atoms with E-state index in [4.69, 9.17) is 4.74 Å². The highest BCUT2D eigenvalue weighted by atomic mass is 127. The first-order chi connectivity index (χ1) is 7.50. The van der Waals surface area contributed by atoms with Gasteiger partial charge in [-0.15, -0.1) is 0 Å². The van der Waals surface area contributed by atoms with E-state index in [-0.39, 0.29) is 10.0 Å². The van der Waals surface area contributed by atoms with Crippen LogP contribution in [-0.4, -0.2) is 30.8 Å². The minimum atomic E-state index is -0.621. The first kappa shape index (κ1) is 11.8. The number of ether oxygens (including phenoxy) is 1. The maximum atomic E-state index is 11.5. The average Bonchev–Trinajstić information content (AvgIpc) is 2.46. The van der Waals surface area contributed by atoms with Gasteiger partial charge >= 0.3 is 5.69 Å². The predicted molar refractivity (Wildman–Crippen MR) is 64.7 cm³/mol. The number of nitrogens with zero attached hydrogens (tertiary/aromatic N) is 1. The van der Waals surface area contributed by atoms with Crippen LogP contribution in [-0.2, 0) is 4.74 Å². The van der Waals surface area contributed by atoms with Crippen LogP contribution in [0.3, 0.4) is 0 Å². The van der Waals surface area contributed by atoms with Crippen molar-refractivity contribution in [2.75, 3.05) is 0 Å². The first-order valence-electron chi connectivity index (χ1n) is 4.80. The highest BCUT2D eigenvalue weighted by Crippen LogP contribution is 2.33. The van der Waals surface area contributed by atoms with Gasteiger partial charge in [0.2, 0.25) is 0 Å². The Morgan fingerprint density at radius 1 is 1.56 bits per heavy atom. The Hall–Kier alpha value is -0.670. The number of nitrogens with one attached hydrogen (secondary N) is 1. The molecule has 0 aliphatic carbocycles. The van der Waals surface area contributed by atoms with Crippen LogP contribution in [0.5, 0.6) is 0 Å². The van der Waals surface area contributed by atoms with E-state index in [9.17, 15) is 14.7 Å². The lowest BCUT2D eigenvalue weighted by atomic mass is 10.2. The van der Waals surface area contributed by atoms with Crippen molar-refractivity contribution in [1.82, 2.24) is 9.55 Å². The molecule has 0 aromatic carbocycles. The molecule has 88 valence electrons. The molecule has 1 saturated heterocycles. The van der Waals surface area contributed by atoms with Gasteiger partial charge in [-0.3, -0.25) is 14.3 Å². The van der Waals surface area contributed by atoms with Crippen LogP contribution >= 0.6 is 22.6 Å². The van der Waals surface area contributed by atoms with Crippen LogP contribution in [0.25, 0.3) is 0 Å². The molecule has 0 spiro atoms. The van der Waals surface area contributed by atoms with E-state index >= 15 is 0 Å². The van der Waals surface area contributed by atoms with Crippen molar-refractivity contribution in [2.45, 2.75) is 29.3 Å². The molecule has 7 heteroatoms. The lowest BCUT2D eigenvalue weighted by Gasteiger charge is -2.16. The zero-order valence-electron chi connectivity index (χ0n) is 8.46. The Balaban J connectivity index is 2.39. The molecule has 1 aromatic heterocycles. The minimum Gasteiger partial charge on any atom is -0.389 e. The Morgan fingerprint density at radius 3 is 2.75 bits per heavy atom. The number of aromatic nitrogens is 2. The van der Waals surface area contributed by atoms with Gasteiger partial charge in [-0.25, -0.2) is 4.79 Å². The highest BCUT2D eigenvalue weighted by molar-refractivity contribution is 14.1. The van der Waals surface area contributed by atoms with Gasteiger partial charge in [-0.2, -0.15) is 0 Å². The molecule has 2 N–H and O–H groups in total. The van der Waals surface area contributed by atoms with Gasteiger partial charge in [-0.1, -0.05) is 22.6 Å². The average molecular weight is 338 g/mol. The van der Waals surface area contributed by atoms with Crippen LogP contribution in [0.1, 0.15) is 13.2 Å². The second kappa shape index (κ2) is 4.30. The van der Waals surface area contributed by atoms with Crippen molar-refractivity contribution < 1.29 is 9.84 Å². The summed E-state index contributed by atoms with van der Waals surface area (Å²) in [5.74, 6) is 0. The van der Waals surface area contributed by atoms with Crippen molar-refractivity contribution >= 4 is 22.6 Å². The van der Waals surface area contributed by atoms with Crippen molar-refractivity contribution in [3.05, 3.63) is 33.1 Å². The molecule has 0 amide bonds. The van der Waals surface area contributed by atoms with Gasteiger partial charge < -0.3 is 9.84 Å². The Kier molecular flexibility index (Phi) is 3.17. The van der Waals surface area contributed by atoms with E-state index in [0.29, 0.717) is 0 Å². The Bertz CT molecular complexity index is 497. The van der Waals surface area contributed by atoms with Crippen molar-refractivity contribution in [3.63, 3.8) is 0 Å². The van der Waals surface area contributed by atoms with Crippen molar-refractivity contribution in [3.8, 4) is 0 Å². The standard InChI is InChI=1S/C9H11IN2O4/c1-4-7(14)6(10)8(16-4)12-3-2-5(13)11-9(12)15/h2-4,6-8,14H,1H3,(H,11,13,15)/t4-,6-,7-,8-/m1/s1. The summed E-state index contributed by atoms with van der Waals surface area (Å²) < 4.78 is 6.53. The largest absolute Gasteiger partial charge is 0.389 e. The maximum Gasteiger partial charge on any atom is 0.330 e. The molecule has 16 heavy (non-hydrogen) atoms. The number of hydrogen-bond acceptors (Lipinski definition) is 4. The van der Waals surface area contributed by atoms with Gasteiger partial charge in [0.15, 0.2) is 6.23 Å². The van der Waals surface area contributed by atoms with Gasteiger partial charge in [0.1, 0.15) is 0 Å². The molecular formula is C9H11IN2O4. The zero-order valence-corrected chi connectivity index (χ0v) is 10.6. The first-order valence-corrected chi connectivity index (χ1v) is 6.04. The third-order valence-electron chi connectivity index (χ3n) is 2.56. The molecule has 4 atom stereocenters. The summed E-state index contributed by atoms with van der Waals surface area (Å²) in [6.45, 7) is 1.74. The summed E-state index contributed by atoms with van der Waals surface area (Å²) in [7, 11) is 0. The SMILES string of the molecule is C[C@H]1O[C@@H](n2ccc(=O)[nH]c2=O)[C@H](I)[C@@H]1O. The third kappa shape index (κ3) is 1.94. The normalized spacial score (nSPS) is 34.2. The van der Waals surface area contributed by atoms with Gasteiger partial charge in [-0.05, 0) is 6.92 Å². The number of aliphatic hydroxyl groups excluding tert-OH is 1. The molecule has 0 unspecified atom stereocenters. The van der Waals surface area contributed by atoms with E-state index in [1.807, 2.05) is 22.6 Å². The molecule has 0 bridgehead atoms. The fraction of sp³-hybridized carbons (Fsp3) is 0.556. The fourth-order valence-corrected chi connectivity index (χ4v) is 2.75. The lowest BCUT2D eigenvalue weighted by molar-refractivity contribution is -0.00941. The number of rotatable bonds is 1. The smallest absolute Gasteiger partial charge is 0.330 e. The highest BCUT2D eigenvalue weighted by Gasteiger charge is 2.41. The maximum absolute atomic E-state index is 11.5. The molecule has 0 radical (unpaired) electrons. The minimum absolute atomic E-state index is 0.226. The van der Waals surface area contributed by atoms with Gasteiger partial charge in [0, 0.05) is 12.3 Å². The monoisotopic (exact) mass is 338 g/mol. The molecule has 2 heterocycles. The lowest BCUT2D eigenvalue weighted by Crippen LogP contribution is -2.34. The summed E-state index contributed by atoms with van der Waals surface area (Å²) >= 11 is 2.04. The molecular weight excluding hydrogens is 327 g/mol. The summed E-state index contributed by atoms with van der Waals surface area (Å²) in [5, 5.41) is 9.72. The third-order valence-corrected chi connectivity index (χ3v) is 3.91. The number of halogens is 1. The van der Waals surface area contributed by atoms with Crippen LogP contribution in [0.15, 0.2) is 21.9 Å². The quantitative estimate of drug-likeness (QED) is 0.540. The number of alkyl halides is 1. The van der Waals surface area contributed by atoms with Crippen LogP contribution in [0, 0.1) is 0 Å². The van der Waals surface area contributed by atoms with E-state index in [1.165, 1.54) is 16.8 Å². The van der Waals surface area contributed by atoms with Gasteiger partial charge in [0.05, 0.1) is 16.1 Å². The number of H-pyrrole nitrogens is 1. The van der Waals surface area contributed by atoms with Crippen molar-refractivity contribution in [1.29, 1.82) is 0 Å². The topological polar surface area (TPSA) is 84.3 Å². The van der Waals surface area contributed by atoms with Gasteiger partial charge in [0.25, 0.3) is 5.56 Å². The molecule has 1 aliphatic rings. The van der Waals surface area contributed by atoms with E-state index < -0.39 is 23.6 Å². The molecule has 6 nitrogen and oxygen atoms in total. The Morgan fingerprint density at radius 2 is 2.25 bits per heavy atom. The molecule has 1 aliphatic heterocycles. The van der Waals surface area contributed by atoms with E-state index in [1.54, 1.807) is 6.92 Å². The zero-order chi connectivity index (χ0) is 11.9. The van der Waals surface area contributed by atoms with Crippen LogP contribution in [0.4, 0.5) is 0 Å². The molecule has 1 fully saturated rings. The summed E-state index contributed by atoms with van der Waals surface area (Å²) in [6, 6.07) is 1.25. The number of hydrogen-bond donors (Lipinski definition) is 2. The number of aliphatic hydroxyl groups is 1. The summed E-state index contributed by atoms with van der Waals surface area (Å²) in [4.78, 5) is 24.6. The predicted octanol–water partition coefficient (Wildman–Crippen LogP) is -0.382. The summed E-state index contributed by atoms with van der Waals surface area (Å²) in [6.07, 6.45) is -0.118. The van der Waals surface area contributed by atoms with Crippen LogP contribution < -0.4 is 11.2 Å². The second-order valence-corrected chi connectivity index (χ2v) is 5.12. The molecule has 1 aromatic rings. The van der Waals surface area contributed by atoms with Crippen LogP contribution in [0.2, 0.25) is 0 Å². The fourth-order valence-electron chi connectivity index (χ4n) is 1.65. The summed E-state index contributed by atoms with van der Waals surface area (Å²) in [5.41, 5.74) is -0.974. The second-order valence-electron chi connectivity index (χ2n) is 3.68.